The molecule has 19 heavy (non-hydrogen) atoms. The lowest BCUT2D eigenvalue weighted by Gasteiger charge is -2.20. The van der Waals surface area contributed by atoms with Crippen molar-refractivity contribution in [2.45, 2.75) is 26.7 Å². The van der Waals surface area contributed by atoms with Gasteiger partial charge in [-0.1, -0.05) is 0 Å². The molecule has 0 radical (unpaired) electrons. The average Bonchev–Trinajstić information content (AvgIpc) is 2.91. The molecule has 0 atom stereocenters. The van der Waals surface area contributed by atoms with E-state index in [2.05, 4.69) is 28.9 Å². The van der Waals surface area contributed by atoms with Gasteiger partial charge in [-0.25, -0.2) is 0 Å². The molecule has 3 nitrogen and oxygen atoms in total. The van der Waals surface area contributed by atoms with Gasteiger partial charge in [0.1, 0.15) is 5.75 Å². The first-order valence-electron chi connectivity index (χ1n) is 7.07. The van der Waals surface area contributed by atoms with Crippen molar-refractivity contribution < 1.29 is 4.74 Å². The van der Waals surface area contributed by atoms with Gasteiger partial charge in [0, 0.05) is 35.9 Å². The van der Waals surface area contributed by atoms with Crippen molar-refractivity contribution in [2.24, 2.45) is 0 Å². The second kappa shape index (κ2) is 5.08. The molecule has 0 unspecified atom stereocenters. The van der Waals surface area contributed by atoms with Crippen LogP contribution in [0.3, 0.4) is 0 Å². The van der Waals surface area contributed by atoms with E-state index in [1.807, 2.05) is 19.1 Å². The summed E-state index contributed by atoms with van der Waals surface area (Å²) in [6.07, 6.45) is 2.58. The normalized spacial score (nSPS) is 15.2. The fourth-order valence-corrected chi connectivity index (χ4v) is 2.79. The predicted octanol–water partition coefficient (Wildman–Crippen LogP) is 3.54. The zero-order chi connectivity index (χ0) is 13.2. The number of aromatic nitrogens is 1. The van der Waals surface area contributed by atoms with Crippen molar-refractivity contribution >= 4 is 16.6 Å². The summed E-state index contributed by atoms with van der Waals surface area (Å²) < 4.78 is 5.57. The highest BCUT2D eigenvalue weighted by atomic mass is 16.5. The van der Waals surface area contributed by atoms with Crippen LogP contribution in [-0.2, 0) is 0 Å². The molecule has 0 N–H and O–H groups in total. The van der Waals surface area contributed by atoms with E-state index in [1.54, 1.807) is 0 Å². The number of pyridine rings is 1. The Morgan fingerprint density at radius 3 is 2.74 bits per heavy atom. The van der Waals surface area contributed by atoms with Gasteiger partial charge in [-0.2, -0.15) is 0 Å². The highest BCUT2D eigenvalue weighted by Gasteiger charge is 2.16. The van der Waals surface area contributed by atoms with Crippen LogP contribution in [0.2, 0.25) is 0 Å². The van der Waals surface area contributed by atoms with Gasteiger partial charge in [-0.3, -0.25) is 4.98 Å². The van der Waals surface area contributed by atoms with Crippen molar-refractivity contribution in [1.29, 1.82) is 0 Å². The molecule has 1 aromatic carbocycles. The Morgan fingerprint density at radius 1 is 1.21 bits per heavy atom. The second-order valence-electron chi connectivity index (χ2n) is 5.09. The zero-order valence-corrected chi connectivity index (χ0v) is 11.6. The van der Waals surface area contributed by atoms with Gasteiger partial charge >= 0.3 is 0 Å². The van der Waals surface area contributed by atoms with E-state index in [0.717, 1.165) is 30.0 Å². The molecule has 100 valence electrons. The van der Waals surface area contributed by atoms with Gasteiger partial charge in [0.15, 0.2) is 0 Å². The number of benzene rings is 1. The molecule has 3 rings (SSSR count). The molecule has 0 aliphatic carbocycles. The maximum atomic E-state index is 5.57. The Labute approximate surface area is 114 Å². The largest absolute Gasteiger partial charge is 0.494 e. The summed E-state index contributed by atoms with van der Waals surface area (Å²) in [6, 6.07) is 8.43. The van der Waals surface area contributed by atoms with Gasteiger partial charge < -0.3 is 9.64 Å². The van der Waals surface area contributed by atoms with Crippen LogP contribution in [0.25, 0.3) is 10.9 Å². The molecule has 0 amide bonds. The van der Waals surface area contributed by atoms with Gasteiger partial charge in [-0.05, 0) is 44.9 Å². The summed E-state index contributed by atoms with van der Waals surface area (Å²) in [5.41, 5.74) is 3.43. The zero-order valence-electron chi connectivity index (χ0n) is 11.6. The van der Waals surface area contributed by atoms with Crippen molar-refractivity contribution in [3.8, 4) is 5.75 Å². The third-order valence-corrected chi connectivity index (χ3v) is 3.65. The Balaban J connectivity index is 2.10. The van der Waals surface area contributed by atoms with Crippen LogP contribution in [0.1, 0.15) is 25.5 Å². The van der Waals surface area contributed by atoms with Gasteiger partial charge in [0.05, 0.1) is 12.1 Å². The van der Waals surface area contributed by atoms with E-state index in [4.69, 9.17) is 4.74 Å². The summed E-state index contributed by atoms with van der Waals surface area (Å²) in [5.74, 6) is 0.903. The highest BCUT2D eigenvalue weighted by Crippen LogP contribution is 2.31. The molecule has 1 aliphatic heterocycles. The van der Waals surface area contributed by atoms with Crippen LogP contribution in [0.15, 0.2) is 24.3 Å². The Hall–Kier alpha value is -1.77. The van der Waals surface area contributed by atoms with E-state index in [0.29, 0.717) is 6.61 Å². The Morgan fingerprint density at radius 2 is 2.00 bits per heavy atom. The molecule has 1 saturated heterocycles. The summed E-state index contributed by atoms with van der Waals surface area (Å²) >= 11 is 0. The van der Waals surface area contributed by atoms with Crippen LogP contribution < -0.4 is 9.64 Å². The molecule has 0 spiro atoms. The van der Waals surface area contributed by atoms with E-state index in [9.17, 15) is 0 Å². The average molecular weight is 256 g/mol. The maximum absolute atomic E-state index is 5.57. The van der Waals surface area contributed by atoms with E-state index >= 15 is 0 Å². The van der Waals surface area contributed by atoms with Gasteiger partial charge in [-0.15, -0.1) is 0 Å². The van der Waals surface area contributed by atoms with Crippen molar-refractivity contribution in [1.82, 2.24) is 4.98 Å². The van der Waals surface area contributed by atoms with E-state index < -0.39 is 0 Å². The number of anilines is 1. The van der Waals surface area contributed by atoms with Crippen LogP contribution in [0.4, 0.5) is 5.69 Å². The van der Waals surface area contributed by atoms with Crippen molar-refractivity contribution in [2.75, 3.05) is 24.6 Å². The fourth-order valence-electron chi connectivity index (χ4n) is 2.79. The molecule has 0 bridgehead atoms. The first kappa shape index (κ1) is 12.3. The molecular weight excluding hydrogens is 236 g/mol. The number of rotatable bonds is 3. The van der Waals surface area contributed by atoms with Crippen LogP contribution in [0.5, 0.6) is 5.75 Å². The fraction of sp³-hybridized carbons (Fsp3) is 0.438. The lowest BCUT2D eigenvalue weighted by Crippen LogP contribution is -2.18. The highest BCUT2D eigenvalue weighted by molar-refractivity contribution is 5.93. The van der Waals surface area contributed by atoms with Crippen LogP contribution in [-0.4, -0.2) is 24.7 Å². The van der Waals surface area contributed by atoms with E-state index in [-0.39, 0.29) is 0 Å². The summed E-state index contributed by atoms with van der Waals surface area (Å²) in [6.45, 7) is 7.07. The number of hydrogen-bond donors (Lipinski definition) is 0. The summed E-state index contributed by atoms with van der Waals surface area (Å²) in [5, 5.41) is 1.23. The molecule has 0 saturated carbocycles. The lowest BCUT2D eigenvalue weighted by atomic mass is 10.1. The van der Waals surface area contributed by atoms with Crippen molar-refractivity contribution in [3.05, 3.63) is 30.0 Å². The first-order chi connectivity index (χ1) is 9.28. The quantitative estimate of drug-likeness (QED) is 0.840. The molecule has 2 heterocycles. The summed E-state index contributed by atoms with van der Waals surface area (Å²) in [4.78, 5) is 7.11. The molecule has 3 heteroatoms. The number of aryl methyl sites for hydroxylation is 1. The standard InChI is InChI=1S/C16H20N2O/c1-3-19-13-6-7-14-15(11-13)17-12(2)10-16(14)18-8-4-5-9-18/h6-7,10-11H,3-5,8-9H2,1-2H3. The minimum atomic E-state index is 0.691. The minimum Gasteiger partial charge on any atom is -0.494 e. The maximum Gasteiger partial charge on any atom is 0.121 e. The van der Waals surface area contributed by atoms with Crippen LogP contribution in [0, 0.1) is 6.92 Å². The Bertz CT molecular complexity index is 589. The van der Waals surface area contributed by atoms with Crippen LogP contribution >= 0.6 is 0 Å². The monoisotopic (exact) mass is 256 g/mol. The third kappa shape index (κ3) is 2.37. The van der Waals surface area contributed by atoms with E-state index in [1.165, 1.54) is 23.9 Å². The first-order valence-corrected chi connectivity index (χ1v) is 7.07. The molecule has 2 aromatic rings. The minimum absolute atomic E-state index is 0.691. The molecule has 1 fully saturated rings. The Kier molecular flexibility index (Phi) is 3.28. The second-order valence-corrected chi connectivity index (χ2v) is 5.09. The van der Waals surface area contributed by atoms with Gasteiger partial charge in [0.2, 0.25) is 0 Å². The SMILES string of the molecule is CCOc1ccc2c(N3CCCC3)cc(C)nc2c1. The predicted molar refractivity (Wildman–Crippen MR) is 79.1 cm³/mol. The van der Waals surface area contributed by atoms with Crippen molar-refractivity contribution in [3.63, 3.8) is 0 Å². The molecule has 1 aliphatic rings. The third-order valence-electron chi connectivity index (χ3n) is 3.65. The number of fused-ring (bicyclic) bond motifs is 1. The lowest BCUT2D eigenvalue weighted by molar-refractivity contribution is 0.340. The summed E-state index contributed by atoms with van der Waals surface area (Å²) in [7, 11) is 0. The number of nitrogens with zero attached hydrogens (tertiary/aromatic N) is 2. The smallest absolute Gasteiger partial charge is 0.121 e. The molecule has 1 aromatic heterocycles. The van der Waals surface area contributed by atoms with Gasteiger partial charge in [0.25, 0.3) is 0 Å². The molecular formula is C16H20N2O. The number of hydrogen-bond acceptors (Lipinski definition) is 3. The number of ether oxygens (including phenoxy) is 1. The topological polar surface area (TPSA) is 25.4 Å².